The summed E-state index contributed by atoms with van der Waals surface area (Å²) in [5, 5.41) is 9.68. The second kappa shape index (κ2) is 9.68. The number of nitrogens with zero attached hydrogens (tertiary/aromatic N) is 2. The van der Waals surface area contributed by atoms with Crippen molar-refractivity contribution in [3.8, 4) is 23.0 Å². The lowest BCUT2D eigenvalue weighted by Crippen LogP contribution is -2.52. The molecule has 0 spiro atoms. The van der Waals surface area contributed by atoms with Crippen molar-refractivity contribution in [2.45, 2.75) is 0 Å². The molecule has 8 heteroatoms. The normalized spacial score (nSPS) is 13.7. The maximum Gasteiger partial charge on any atom is 0.260 e. The summed E-state index contributed by atoms with van der Waals surface area (Å²) >= 11 is 0. The van der Waals surface area contributed by atoms with Crippen LogP contribution in [0, 0.1) is 0 Å². The second-order valence-corrected chi connectivity index (χ2v) is 6.49. The number of carbonyl (C=O) groups excluding carboxylic acids is 2. The maximum atomic E-state index is 12.4. The zero-order valence-electron chi connectivity index (χ0n) is 16.2. The van der Waals surface area contributed by atoms with Crippen molar-refractivity contribution in [1.82, 2.24) is 9.80 Å². The first-order valence-electron chi connectivity index (χ1n) is 9.30. The van der Waals surface area contributed by atoms with Crippen LogP contribution in [0.5, 0.6) is 23.0 Å². The Morgan fingerprint density at radius 3 is 2.07 bits per heavy atom. The number of aromatic hydroxyl groups is 1. The first-order valence-corrected chi connectivity index (χ1v) is 9.30. The Hall–Kier alpha value is -3.42. The third-order valence-electron chi connectivity index (χ3n) is 4.60. The summed E-state index contributed by atoms with van der Waals surface area (Å²) in [6.45, 7) is 1.48. The topological polar surface area (TPSA) is 88.5 Å². The average molecular weight is 400 g/mol. The quantitative estimate of drug-likeness (QED) is 0.758. The molecule has 154 valence electrons. The van der Waals surface area contributed by atoms with Gasteiger partial charge in [0, 0.05) is 32.2 Å². The summed E-state index contributed by atoms with van der Waals surface area (Å²) in [5.74, 6) is 1.16. The van der Waals surface area contributed by atoms with Crippen LogP contribution in [0.25, 0.3) is 0 Å². The molecule has 0 bridgehead atoms. The number of benzene rings is 2. The molecule has 8 nitrogen and oxygen atoms in total. The van der Waals surface area contributed by atoms with E-state index in [1.807, 2.05) is 0 Å². The molecule has 2 aromatic rings. The molecule has 1 N–H and O–H groups in total. The van der Waals surface area contributed by atoms with Crippen molar-refractivity contribution in [2.24, 2.45) is 0 Å². The van der Waals surface area contributed by atoms with Gasteiger partial charge in [-0.1, -0.05) is 18.2 Å². The lowest BCUT2D eigenvalue weighted by Gasteiger charge is -2.34. The lowest BCUT2D eigenvalue weighted by atomic mass is 10.3. The highest BCUT2D eigenvalue weighted by molar-refractivity contribution is 5.80. The summed E-state index contributed by atoms with van der Waals surface area (Å²) in [5.41, 5.74) is 0. The van der Waals surface area contributed by atoms with Crippen molar-refractivity contribution in [2.75, 3.05) is 46.5 Å². The van der Waals surface area contributed by atoms with E-state index in [1.165, 1.54) is 6.07 Å². The number of hydrogen-bond donors (Lipinski definition) is 1. The van der Waals surface area contributed by atoms with E-state index in [9.17, 15) is 14.7 Å². The van der Waals surface area contributed by atoms with Gasteiger partial charge in [-0.2, -0.15) is 0 Å². The molecule has 2 aromatic carbocycles. The van der Waals surface area contributed by atoms with Gasteiger partial charge >= 0.3 is 0 Å². The molecule has 0 atom stereocenters. The fourth-order valence-electron chi connectivity index (χ4n) is 2.94. The van der Waals surface area contributed by atoms with Crippen LogP contribution in [0.4, 0.5) is 0 Å². The molecule has 0 unspecified atom stereocenters. The standard InChI is InChI=1S/C21H24N2O6/c1-27-16-5-4-6-17(13-16)28-14-20(25)22-9-11-23(12-10-22)21(26)15-29-19-8-3-2-7-18(19)24/h2-8,13,24H,9-12,14-15H2,1H3. The van der Waals surface area contributed by atoms with Crippen LogP contribution >= 0.6 is 0 Å². The Bertz CT molecular complexity index is 849. The fraction of sp³-hybridized carbons (Fsp3) is 0.333. The largest absolute Gasteiger partial charge is 0.504 e. The molecule has 1 heterocycles. The number of phenols is 1. The molecule has 0 saturated carbocycles. The molecule has 1 aliphatic rings. The predicted molar refractivity (Wildman–Crippen MR) is 105 cm³/mol. The minimum absolute atomic E-state index is 0.00764. The molecule has 1 fully saturated rings. The number of para-hydroxylation sites is 2. The summed E-state index contributed by atoms with van der Waals surface area (Å²) in [6.07, 6.45) is 0. The molecular weight excluding hydrogens is 376 g/mol. The molecule has 0 aliphatic carbocycles. The van der Waals surface area contributed by atoms with Crippen molar-refractivity contribution in [3.63, 3.8) is 0 Å². The zero-order valence-corrected chi connectivity index (χ0v) is 16.2. The minimum Gasteiger partial charge on any atom is -0.504 e. The summed E-state index contributed by atoms with van der Waals surface area (Å²) in [4.78, 5) is 28.0. The smallest absolute Gasteiger partial charge is 0.260 e. The number of methoxy groups -OCH3 is 1. The number of amides is 2. The van der Waals surface area contributed by atoms with E-state index < -0.39 is 0 Å². The van der Waals surface area contributed by atoms with E-state index in [0.29, 0.717) is 37.7 Å². The summed E-state index contributed by atoms with van der Waals surface area (Å²) in [6, 6.07) is 13.6. The molecule has 1 saturated heterocycles. The first kappa shape index (κ1) is 20.3. The third kappa shape index (κ3) is 5.54. The van der Waals surface area contributed by atoms with Crippen LogP contribution in [0.1, 0.15) is 0 Å². The highest BCUT2D eigenvalue weighted by Gasteiger charge is 2.24. The number of piperazine rings is 1. The van der Waals surface area contributed by atoms with E-state index in [4.69, 9.17) is 14.2 Å². The summed E-state index contributed by atoms with van der Waals surface area (Å²) in [7, 11) is 1.57. The third-order valence-corrected chi connectivity index (χ3v) is 4.60. The monoisotopic (exact) mass is 400 g/mol. The zero-order chi connectivity index (χ0) is 20.6. The van der Waals surface area contributed by atoms with E-state index >= 15 is 0 Å². The van der Waals surface area contributed by atoms with Crippen molar-refractivity contribution in [1.29, 1.82) is 0 Å². The van der Waals surface area contributed by atoms with Gasteiger partial charge in [0.15, 0.2) is 24.7 Å². The highest BCUT2D eigenvalue weighted by atomic mass is 16.5. The predicted octanol–water partition coefficient (Wildman–Crippen LogP) is 1.53. The van der Waals surface area contributed by atoms with Gasteiger partial charge in [-0.15, -0.1) is 0 Å². The Morgan fingerprint density at radius 2 is 1.45 bits per heavy atom. The Kier molecular flexibility index (Phi) is 6.78. The number of phenolic OH excluding ortho intramolecular Hbond substituents is 1. The van der Waals surface area contributed by atoms with Crippen LogP contribution in [-0.2, 0) is 9.59 Å². The summed E-state index contributed by atoms with van der Waals surface area (Å²) < 4.78 is 16.1. The van der Waals surface area contributed by atoms with Gasteiger partial charge in [0.2, 0.25) is 0 Å². The van der Waals surface area contributed by atoms with Gasteiger partial charge in [-0.3, -0.25) is 9.59 Å². The molecule has 29 heavy (non-hydrogen) atoms. The van der Waals surface area contributed by atoms with Gasteiger partial charge in [0.25, 0.3) is 11.8 Å². The number of hydrogen-bond acceptors (Lipinski definition) is 6. The van der Waals surface area contributed by atoms with Gasteiger partial charge < -0.3 is 29.1 Å². The van der Waals surface area contributed by atoms with E-state index in [-0.39, 0.29) is 36.5 Å². The fourth-order valence-corrected chi connectivity index (χ4v) is 2.94. The number of carbonyl (C=O) groups is 2. The molecule has 1 aliphatic heterocycles. The van der Waals surface area contributed by atoms with Gasteiger partial charge in [0.05, 0.1) is 7.11 Å². The van der Waals surface area contributed by atoms with Crippen molar-refractivity contribution in [3.05, 3.63) is 48.5 Å². The lowest BCUT2D eigenvalue weighted by molar-refractivity contribution is -0.141. The molecule has 0 radical (unpaired) electrons. The highest BCUT2D eigenvalue weighted by Crippen LogP contribution is 2.24. The average Bonchev–Trinajstić information content (AvgIpc) is 2.77. The second-order valence-electron chi connectivity index (χ2n) is 6.49. The number of ether oxygens (including phenoxy) is 3. The van der Waals surface area contributed by atoms with E-state index in [1.54, 1.807) is 59.4 Å². The SMILES string of the molecule is COc1cccc(OCC(=O)N2CCN(C(=O)COc3ccccc3O)CC2)c1. The van der Waals surface area contributed by atoms with Crippen LogP contribution in [0.15, 0.2) is 48.5 Å². The Labute approximate surface area is 169 Å². The number of rotatable bonds is 7. The maximum absolute atomic E-state index is 12.4. The van der Waals surface area contributed by atoms with E-state index in [0.717, 1.165) is 0 Å². The first-order chi connectivity index (χ1) is 14.1. The van der Waals surface area contributed by atoms with Crippen LogP contribution in [0.3, 0.4) is 0 Å². The molecule has 0 aromatic heterocycles. The molecular formula is C21H24N2O6. The van der Waals surface area contributed by atoms with E-state index in [2.05, 4.69) is 0 Å². The van der Waals surface area contributed by atoms with Crippen molar-refractivity contribution >= 4 is 11.8 Å². The molecule has 2 amide bonds. The van der Waals surface area contributed by atoms with Gasteiger partial charge in [-0.25, -0.2) is 0 Å². The minimum atomic E-state index is -0.187. The molecule has 3 rings (SSSR count). The van der Waals surface area contributed by atoms with Gasteiger partial charge in [-0.05, 0) is 24.3 Å². The van der Waals surface area contributed by atoms with Crippen LogP contribution in [0.2, 0.25) is 0 Å². The Morgan fingerprint density at radius 1 is 0.862 bits per heavy atom. The van der Waals surface area contributed by atoms with Gasteiger partial charge in [0.1, 0.15) is 11.5 Å². The van der Waals surface area contributed by atoms with Crippen LogP contribution < -0.4 is 14.2 Å². The van der Waals surface area contributed by atoms with Crippen molar-refractivity contribution < 1.29 is 28.9 Å². The van der Waals surface area contributed by atoms with Crippen LogP contribution in [-0.4, -0.2) is 73.2 Å². The Balaban J connectivity index is 1.41.